The number of imidazole rings is 1. The SMILES string of the molecule is Cc1cc(S(N)(=O)=O)ccc1NC(=O)CCn1ccnc1. The second kappa shape index (κ2) is 6.06. The lowest BCUT2D eigenvalue weighted by molar-refractivity contribution is -0.116. The lowest BCUT2D eigenvalue weighted by Crippen LogP contribution is -2.16. The number of carbonyl (C=O) groups is 1. The van der Waals surface area contributed by atoms with Crippen molar-refractivity contribution in [2.24, 2.45) is 5.14 Å². The molecule has 0 radical (unpaired) electrons. The molecule has 7 nitrogen and oxygen atoms in total. The van der Waals surface area contributed by atoms with Crippen LogP contribution >= 0.6 is 0 Å². The predicted molar refractivity (Wildman–Crippen MR) is 78.0 cm³/mol. The second-order valence-corrected chi connectivity index (χ2v) is 6.18. The Kier molecular flexibility index (Phi) is 4.39. The standard InChI is InChI=1S/C13H16N4O3S/c1-10-8-11(21(14,19)20)2-3-12(10)16-13(18)4-6-17-7-5-15-9-17/h2-3,5,7-9H,4,6H2,1H3,(H,16,18)(H2,14,19,20). The number of benzene rings is 1. The maximum Gasteiger partial charge on any atom is 0.238 e. The fraction of sp³-hybridized carbons (Fsp3) is 0.231. The van der Waals surface area contributed by atoms with Gasteiger partial charge in [-0.3, -0.25) is 4.79 Å². The minimum Gasteiger partial charge on any atom is -0.337 e. The van der Waals surface area contributed by atoms with Crippen molar-refractivity contribution in [1.29, 1.82) is 0 Å². The summed E-state index contributed by atoms with van der Waals surface area (Å²) >= 11 is 0. The number of primary sulfonamides is 1. The van der Waals surface area contributed by atoms with E-state index in [-0.39, 0.29) is 10.8 Å². The van der Waals surface area contributed by atoms with Crippen LogP contribution in [-0.4, -0.2) is 23.9 Å². The molecule has 1 aromatic carbocycles. The molecule has 21 heavy (non-hydrogen) atoms. The summed E-state index contributed by atoms with van der Waals surface area (Å²) in [5, 5.41) is 7.80. The van der Waals surface area contributed by atoms with Crippen LogP contribution in [0.5, 0.6) is 0 Å². The third kappa shape index (κ3) is 4.14. The normalized spacial score (nSPS) is 11.3. The Bertz CT molecular complexity index is 739. The molecule has 3 N–H and O–H groups in total. The lowest BCUT2D eigenvalue weighted by Gasteiger charge is -2.10. The fourth-order valence-corrected chi connectivity index (χ4v) is 2.41. The lowest BCUT2D eigenvalue weighted by atomic mass is 10.2. The van der Waals surface area contributed by atoms with Crippen molar-refractivity contribution in [1.82, 2.24) is 9.55 Å². The maximum absolute atomic E-state index is 11.9. The van der Waals surface area contributed by atoms with Gasteiger partial charge >= 0.3 is 0 Å². The zero-order valence-corrected chi connectivity index (χ0v) is 12.3. The Balaban J connectivity index is 2.01. The first-order chi connectivity index (χ1) is 9.86. The molecular formula is C13H16N4O3S. The van der Waals surface area contributed by atoms with Crippen molar-refractivity contribution in [3.8, 4) is 0 Å². The Morgan fingerprint density at radius 1 is 1.43 bits per heavy atom. The van der Waals surface area contributed by atoms with Gasteiger partial charge in [-0.2, -0.15) is 0 Å². The van der Waals surface area contributed by atoms with Crippen LogP contribution in [0.25, 0.3) is 0 Å². The number of sulfonamides is 1. The summed E-state index contributed by atoms with van der Waals surface area (Å²) in [5.41, 5.74) is 1.20. The van der Waals surface area contributed by atoms with Crippen LogP contribution in [0.3, 0.4) is 0 Å². The molecule has 0 saturated carbocycles. The van der Waals surface area contributed by atoms with Crippen molar-refractivity contribution in [3.63, 3.8) is 0 Å². The van der Waals surface area contributed by atoms with Crippen LogP contribution in [0.1, 0.15) is 12.0 Å². The molecule has 0 aliphatic carbocycles. The molecule has 112 valence electrons. The summed E-state index contributed by atoms with van der Waals surface area (Å²) in [6.07, 6.45) is 5.36. The van der Waals surface area contributed by atoms with Crippen LogP contribution in [0.4, 0.5) is 5.69 Å². The minimum absolute atomic E-state index is 0.0245. The van der Waals surface area contributed by atoms with Crippen LogP contribution in [0.2, 0.25) is 0 Å². The Morgan fingerprint density at radius 2 is 2.19 bits per heavy atom. The van der Waals surface area contributed by atoms with E-state index in [4.69, 9.17) is 5.14 Å². The van der Waals surface area contributed by atoms with Crippen LogP contribution in [-0.2, 0) is 21.4 Å². The highest BCUT2D eigenvalue weighted by molar-refractivity contribution is 7.89. The Morgan fingerprint density at radius 3 is 2.76 bits per heavy atom. The zero-order chi connectivity index (χ0) is 15.5. The number of amides is 1. The quantitative estimate of drug-likeness (QED) is 0.854. The van der Waals surface area contributed by atoms with Crippen molar-refractivity contribution < 1.29 is 13.2 Å². The van der Waals surface area contributed by atoms with Crippen molar-refractivity contribution in [3.05, 3.63) is 42.5 Å². The number of nitrogens with zero attached hydrogens (tertiary/aromatic N) is 2. The van der Waals surface area contributed by atoms with Gasteiger partial charge in [0.2, 0.25) is 15.9 Å². The molecule has 1 aromatic heterocycles. The topological polar surface area (TPSA) is 107 Å². The van der Waals surface area contributed by atoms with Crippen molar-refractivity contribution in [2.45, 2.75) is 24.8 Å². The molecule has 0 atom stereocenters. The van der Waals surface area contributed by atoms with Crippen LogP contribution in [0.15, 0.2) is 41.8 Å². The number of nitrogens with two attached hydrogens (primary N) is 1. The van der Waals surface area contributed by atoms with Gasteiger partial charge in [0.1, 0.15) is 0 Å². The molecule has 0 fully saturated rings. The number of anilines is 1. The molecular weight excluding hydrogens is 292 g/mol. The van der Waals surface area contributed by atoms with Gasteiger partial charge in [0.05, 0.1) is 11.2 Å². The third-order valence-electron chi connectivity index (χ3n) is 2.96. The predicted octanol–water partition coefficient (Wildman–Crippen LogP) is 0.868. The van der Waals surface area contributed by atoms with Crippen molar-refractivity contribution >= 4 is 21.6 Å². The van der Waals surface area contributed by atoms with E-state index in [1.54, 1.807) is 30.2 Å². The number of hydrogen-bond acceptors (Lipinski definition) is 4. The van der Waals surface area contributed by atoms with Gasteiger partial charge in [0.25, 0.3) is 0 Å². The van der Waals surface area contributed by atoms with E-state index in [1.807, 2.05) is 0 Å². The van der Waals surface area contributed by atoms with Gasteiger partial charge in [0.15, 0.2) is 0 Å². The van der Waals surface area contributed by atoms with E-state index in [2.05, 4.69) is 10.3 Å². The smallest absolute Gasteiger partial charge is 0.238 e. The number of nitrogens with one attached hydrogen (secondary N) is 1. The summed E-state index contributed by atoms with van der Waals surface area (Å²) < 4.78 is 24.3. The summed E-state index contributed by atoms with van der Waals surface area (Å²) in [7, 11) is -3.73. The molecule has 1 amide bonds. The summed E-state index contributed by atoms with van der Waals surface area (Å²) in [6.45, 7) is 2.24. The van der Waals surface area contributed by atoms with E-state index in [9.17, 15) is 13.2 Å². The van der Waals surface area contributed by atoms with E-state index in [0.717, 1.165) is 0 Å². The average Bonchev–Trinajstić information content (AvgIpc) is 2.91. The molecule has 0 aliphatic rings. The fourth-order valence-electron chi connectivity index (χ4n) is 1.82. The first-order valence-corrected chi connectivity index (χ1v) is 7.80. The Hall–Kier alpha value is -2.19. The monoisotopic (exact) mass is 308 g/mol. The van der Waals surface area contributed by atoms with Crippen molar-refractivity contribution in [2.75, 3.05) is 5.32 Å². The highest BCUT2D eigenvalue weighted by atomic mass is 32.2. The summed E-state index contributed by atoms with van der Waals surface area (Å²) in [4.78, 5) is 15.8. The molecule has 2 rings (SSSR count). The zero-order valence-electron chi connectivity index (χ0n) is 11.5. The molecule has 0 bridgehead atoms. The largest absolute Gasteiger partial charge is 0.337 e. The molecule has 8 heteroatoms. The third-order valence-corrected chi connectivity index (χ3v) is 3.87. The molecule has 2 aromatic rings. The second-order valence-electron chi connectivity index (χ2n) is 4.62. The maximum atomic E-state index is 11.9. The molecule has 0 aliphatic heterocycles. The molecule has 0 spiro atoms. The number of carbonyl (C=O) groups excluding carboxylic acids is 1. The van der Waals surface area contributed by atoms with Gasteiger partial charge < -0.3 is 9.88 Å². The van der Waals surface area contributed by atoms with Gasteiger partial charge in [-0.05, 0) is 30.7 Å². The molecule has 0 unspecified atom stereocenters. The van der Waals surface area contributed by atoms with Gasteiger partial charge in [-0.15, -0.1) is 0 Å². The minimum atomic E-state index is -3.73. The number of hydrogen-bond donors (Lipinski definition) is 2. The number of aromatic nitrogens is 2. The molecule has 1 heterocycles. The van der Waals surface area contributed by atoms with E-state index in [0.29, 0.717) is 24.2 Å². The van der Waals surface area contributed by atoms with E-state index >= 15 is 0 Å². The Labute approximate surface area is 122 Å². The average molecular weight is 308 g/mol. The van der Waals surface area contributed by atoms with E-state index in [1.165, 1.54) is 18.2 Å². The van der Waals surface area contributed by atoms with Gasteiger partial charge in [-0.25, -0.2) is 18.5 Å². The highest BCUT2D eigenvalue weighted by Gasteiger charge is 2.11. The summed E-state index contributed by atoms with van der Waals surface area (Å²) in [5.74, 6) is -0.157. The number of aryl methyl sites for hydroxylation is 2. The van der Waals surface area contributed by atoms with E-state index < -0.39 is 10.0 Å². The highest BCUT2D eigenvalue weighted by Crippen LogP contribution is 2.19. The number of rotatable bonds is 5. The van der Waals surface area contributed by atoms with Gasteiger partial charge in [0, 0.05) is 31.0 Å². The van der Waals surface area contributed by atoms with Gasteiger partial charge in [-0.1, -0.05) is 0 Å². The first-order valence-electron chi connectivity index (χ1n) is 6.25. The first kappa shape index (κ1) is 15.2. The van der Waals surface area contributed by atoms with Crippen LogP contribution in [0, 0.1) is 6.92 Å². The summed E-state index contributed by atoms with van der Waals surface area (Å²) in [6, 6.07) is 4.33. The molecule has 0 saturated heterocycles. The van der Waals surface area contributed by atoms with Crippen LogP contribution < -0.4 is 10.5 Å².